The fourth-order valence-corrected chi connectivity index (χ4v) is 3.74. The number of aromatic amines is 1. The predicted octanol–water partition coefficient (Wildman–Crippen LogP) is 3.25. The fourth-order valence-electron chi connectivity index (χ4n) is 2.91. The van der Waals surface area contributed by atoms with Gasteiger partial charge in [0.05, 0.1) is 29.6 Å². The summed E-state index contributed by atoms with van der Waals surface area (Å²) in [6.07, 6.45) is 0.206. The Morgan fingerprint density at radius 3 is 2.64 bits per heavy atom. The molecular weight excluding hydrogens is 372 g/mol. The molecule has 2 heterocycles. The maximum absolute atomic E-state index is 12.6. The van der Waals surface area contributed by atoms with Crippen molar-refractivity contribution in [2.45, 2.75) is 13.0 Å². The van der Waals surface area contributed by atoms with Crippen LogP contribution in [0.5, 0.6) is 0 Å². The summed E-state index contributed by atoms with van der Waals surface area (Å²) in [5, 5.41) is 3.34. The maximum Gasteiger partial charge on any atom is 0.258 e. The van der Waals surface area contributed by atoms with E-state index in [1.54, 1.807) is 30.1 Å². The number of rotatable bonds is 5. The lowest BCUT2D eigenvalue weighted by Crippen LogP contribution is -2.29. The lowest BCUT2D eigenvalue weighted by Gasteiger charge is -2.16. The average Bonchev–Trinajstić information content (AvgIpc) is 3.17. The average molecular weight is 390 g/mol. The quantitative estimate of drug-likeness (QED) is 0.567. The zero-order valence-corrected chi connectivity index (χ0v) is 16.1. The Balaban J connectivity index is 1.46. The van der Waals surface area contributed by atoms with Crippen LogP contribution >= 0.6 is 11.3 Å². The summed E-state index contributed by atoms with van der Waals surface area (Å²) in [7, 11) is 1.70. The Labute approximate surface area is 165 Å². The summed E-state index contributed by atoms with van der Waals surface area (Å²) >= 11 is 1.52. The van der Waals surface area contributed by atoms with Crippen molar-refractivity contribution in [3.8, 4) is 10.6 Å². The third-order valence-corrected chi connectivity index (χ3v) is 5.32. The second-order valence-corrected chi connectivity index (χ2v) is 7.32. The van der Waals surface area contributed by atoms with Gasteiger partial charge in [0.2, 0.25) is 5.91 Å². The molecule has 0 spiro atoms. The number of thiazole rings is 1. The van der Waals surface area contributed by atoms with Crippen molar-refractivity contribution in [3.05, 3.63) is 81.8 Å². The van der Waals surface area contributed by atoms with E-state index < -0.39 is 0 Å². The van der Waals surface area contributed by atoms with Crippen molar-refractivity contribution >= 4 is 28.1 Å². The van der Waals surface area contributed by atoms with Crippen molar-refractivity contribution in [2.75, 3.05) is 7.05 Å². The molecule has 6 nitrogen and oxygen atoms in total. The molecule has 0 atom stereocenters. The molecule has 0 aliphatic rings. The smallest absolute Gasteiger partial charge is 0.258 e. The van der Waals surface area contributed by atoms with Crippen LogP contribution in [0.4, 0.5) is 0 Å². The van der Waals surface area contributed by atoms with Crippen LogP contribution in [0.15, 0.2) is 64.8 Å². The summed E-state index contributed by atoms with van der Waals surface area (Å²) in [5.74, 6) is 0.378. The Morgan fingerprint density at radius 1 is 1.07 bits per heavy atom. The summed E-state index contributed by atoms with van der Waals surface area (Å²) in [5.41, 5.74) is 2.20. The topological polar surface area (TPSA) is 79.0 Å². The number of H-pyrrole nitrogens is 1. The van der Waals surface area contributed by atoms with Crippen molar-refractivity contribution in [2.24, 2.45) is 0 Å². The number of fused-ring (bicyclic) bond motifs is 1. The number of para-hydroxylation sites is 1. The number of carbonyl (C=O) groups is 1. The molecular formula is C21H18N4O2S. The number of nitrogens with one attached hydrogen (secondary N) is 1. The molecule has 1 amide bonds. The normalized spacial score (nSPS) is 10.9. The molecule has 0 saturated heterocycles. The second kappa shape index (κ2) is 7.74. The highest BCUT2D eigenvalue weighted by Gasteiger charge is 2.15. The van der Waals surface area contributed by atoms with Crippen molar-refractivity contribution in [1.82, 2.24) is 19.9 Å². The molecule has 2 aromatic carbocycles. The lowest BCUT2D eigenvalue weighted by molar-refractivity contribution is -0.129. The van der Waals surface area contributed by atoms with Gasteiger partial charge in [0.15, 0.2) is 0 Å². The molecule has 0 unspecified atom stereocenters. The molecule has 0 bridgehead atoms. The molecule has 0 fully saturated rings. The van der Waals surface area contributed by atoms with Crippen molar-refractivity contribution in [3.63, 3.8) is 0 Å². The molecule has 0 saturated carbocycles. The first-order chi connectivity index (χ1) is 13.6. The van der Waals surface area contributed by atoms with Crippen LogP contribution < -0.4 is 5.56 Å². The van der Waals surface area contributed by atoms with Gasteiger partial charge in [-0.25, -0.2) is 9.97 Å². The highest BCUT2D eigenvalue weighted by atomic mass is 32.1. The zero-order valence-electron chi connectivity index (χ0n) is 15.3. The van der Waals surface area contributed by atoms with Gasteiger partial charge in [-0.2, -0.15) is 0 Å². The summed E-state index contributed by atoms with van der Waals surface area (Å²) in [6, 6.07) is 17.0. The van der Waals surface area contributed by atoms with E-state index in [9.17, 15) is 9.59 Å². The number of nitrogens with zero attached hydrogens (tertiary/aromatic N) is 3. The van der Waals surface area contributed by atoms with E-state index in [4.69, 9.17) is 0 Å². The van der Waals surface area contributed by atoms with Gasteiger partial charge in [-0.1, -0.05) is 42.5 Å². The molecule has 0 radical (unpaired) electrons. The van der Waals surface area contributed by atoms with Gasteiger partial charge in [-0.15, -0.1) is 11.3 Å². The maximum atomic E-state index is 12.6. The molecule has 140 valence electrons. The molecule has 0 aliphatic heterocycles. The van der Waals surface area contributed by atoms with Crippen LogP contribution in [0.1, 0.15) is 11.5 Å². The summed E-state index contributed by atoms with van der Waals surface area (Å²) in [4.78, 5) is 38.1. The minimum absolute atomic E-state index is 0.0827. The van der Waals surface area contributed by atoms with Crippen molar-refractivity contribution < 1.29 is 4.79 Å². The number of aromatic nitrogens is 3. The highest BCUT2D eigenvalue weighted by molar-refractivity contribution is 7.13. The first kappa shape index (κ1) is 18.1. The molecule has 4 rings (SSSR count). The van der Waals surface area contributed by atoms with Gasteiger partial charge in [0.1, 0.15) is 10.8 Å². The lowest BCUT2D eigenvalue weighted by atomic mass is 10.2. The van der Waals surface area contributed by atoms with Crippen LogP contribution in [-0.2, 0) is 17.8 Å². The second-order valence-electron chi connectivity index (χ2n) is 6.47. The van der Waals surface area contributed by atoms with E-state index in [0.29, 0.717) is 16.7 Å². The fraction of sp³-hybridized carbons (Fsp3) is 0.143. The van der Waals surface area contributed by atoms with Crippen molar-refractivity contribution in [1.29, 1.82) is 0 Å². The molecule has 28 heavy (non-hydrogen) atoms. The number of hydrogen-bond donors (Lipinski definition) is 1. The third-order valence-electron chi connectivity index (χ3n) is 4.38. The van der Waals surface area contributed by atoms with Crippen LogP contribution in [0.2, 0.25) is 0 Å². The van der Waals surface area contributed by atoms with E-state index in [2.05, 4.69) is 15.0 Å². The summed E-state index contributed by atoms with van der Waals surface area (Å²) < 4.78 is 0. The van der Waals surface area contributed by atoms with E-state index in [1.165, 1.54) is 11.3 Å². The summed E-state index contributed by atoms with van der Waals surface area (Å²) in [6.45, 7) is 0.231. The van der Waals surface area contributed by atoms with Crippen LogP contribution in [0.3, 0.4) is 0 Å². The predicted molar refractivity (Wildman–Crippen MR) is 110 cm³/mol. The van der Waals surface area contributed by atoms with Gasteiger partial charge in [-0.3, -0.25) is 9.59 Å². The van der Waals surface area contributed by atoms with Crippen LogP contribution in [-0.4, -0.2) is 32.8 Å². The Morgan fingerprint density at radius 2 is 1.82 bits per heavy atom. The number of likely N-dealkylation sites (N-methyl/N-ethyl adjacent to an activating group) is 1. The van der Waals surface area contributed by atoms with Crippen LogP contribution in [0.25, 0.3) is 21.5 Å². The monoisotopic (exact) mass is 390 g/mol. The minimum Gasteiger partial charge on any atom is -0.338 e. The zero-order chi connectivity index (χ0) is 19.5. The largest absolute Gasteiger partial charge is 0.338 e. The standard InChI is InChI=1S/C21H18N4O2S/c1-25(12-18-23-17-10-6-5-9-16(17)20(27)24-18)19(26)11-15-13-28-21(22-15)14-7-3-2-4-8-14/h2-10,13H,11-12H2,1H3,(H,23,24,27). The van der Waals surface area contributed by atoms with E-state index in [0.717, 1.165) is 16.3 Å². The van der Waals surface area contributed by atoms with Gasteiger partial charge in [0, 0.05) is 18.0 Å². The van der Waals surface area contributed by atoms with Gasteiger partial charge in [-0.05, 0) is 12.1 Å². The Hall–Kier alpha value is -3.32. The number of amides is 1. The highest BCUT2D eigenvalue weighted by Crippen LogP contribution is 2.23. The molecule has 0 aliphatic carbocycles. The van der Waals surface area contributed by atoms with E-state index in [-0.39, 0.29) is 24.4 Å². The molecule has 2 aromatic heterocycles. The van der Waals surface area contributed by atoms with E-state index in [1.807, 2.05) is 41.8 Å². The number of hydrogen-bond acceptors (Lipinski definition) is 5. The first-order valence-electron chi connectivity index (χ1n) is 8.82. The third kappa shape index (κ3) is 3.84. The Bertz CT molecular complexity index is 1180. The first-order valence-corrected chi connectivity index (χ1v) is 9.70. The SMILES string of the molecule is CN(Cc1nc2ccccc2c(=O)[nH]1)C(=O)Cc1csc(-c2ccccc2)n1. The number of benzene rings is 2. The molecule has 7 heteroatoms. The minimum atomic E-state index is -0.201. The van der Waals surface area contributed by atoms with Gasteiger partial charge in [0.25, 0.3) is 5.56 Å². The molecule has 1 N–H and O–H groups in total. The Kier molecular flexibility index (Phi) is 4.99. The van der Waals surface area contributed by atoms with Gasteiger partial charge >= 0.3 is 0 Å². The number of carbonyl (C=O) groups excluding carboxylic acids is 1. The molecule has 4 aromatic rings. The van der Waals surface area contributed by atoms with E-state index >= 15 is 0 Å². The van der Waals surface area contributed by atoms with Gasteiger partial charge < -0.3 is 9.88 Å². The van der Waals surface area contributed by atoms with Crippen LogP contribution in [0, 0.1) is 0 Å².